The summed E-state index contributed by atoms with van der Waals surface area (Å²) in [7, 11) is 1.62. The Balaban J connectivity index is 3.59. The Morgan fingerprint density at radius 3 is 2.50 bits per heavy atom. The quantitative estimate of drug-likeness (QED) is 0.497. The van der Waals surface area contributed by atoms with Gasteiger partial charge >= 0.3 is 5.97 Å². The number of rotatable bonds is 6. The molecule has 0 aliphatic carbocycles. The van der Waals surface area contributed by atoms with E-state index in [0.29, 0.717) is 12.8 Å². The summed E-state index contributed by atoms with van der Waals surface area (Å²) in [4.78, 5) is 20.7. The van der Waals surface area contributed by atoms with E-state index >= 15 is 0 Å². The minimum atomic E-state index is -0.852. The first-order valence-corrected chi connectivity index (χ1v) is 3.76. The molecule has 0 heterocycles. The molecule has 70 valence electrons. The molecular weight excluding hydrogens is 160 g/mol. The molecule has 0 fully saturated rings. The van der Waals surface area contributed by atoms with E-state index in [2.05, 4.69) is 5.32 Å². The van der Waals surface area contributed by atoms with Crippen molar-refractivity contribution in [1.82, 2.24) is 5.32 Å². The number of aliphatic carboxylic acids is 1. The highest BCUT2D eigenvalue weighted by molar-refractivity contribution is 5.79. The predicted octanol–water partition coefficient (Wildman–Crippen LogP) is -0.685. The Kier molecular flexibility index (Phi) is 5.03. The van der Waals surface area contributed by atoms with Crippen molar-refractivity contribution in [2.75, 3.05) is 7.05 Å². The molecule has 0 unspecified atom stereocenters. The highest BCUT2D eigenvalue weighted by Crippen LogP contribution is 1.99. The molecule has 0 saturated carbocycles. The maximum Gasteiger partial charge on any atom is 0.303 e. The monoisotopic (exact) mass is 174 g/mol. The van der Waals surface area contributed by atoms with Crippen molar-refractivity contribution in [3.63, 3.8) is 0 Å². The number of carboxylic acid groups (broad SMARTS) is 1. The van der Waals surface area contributed by atoms with E-state index in [1.165, 1.54) is 0 Å². The van der Waals surface area contributed by atoms with Gasteiger partial charge in [0.2, 0.25) is 5.91 Å². The van der Waals surface area contributed by atoms with Crippen LogP contribution in [0.15, 0.2) is 0 Å². The summed E-state index contributed by atoms with van der Waals surface area (Å²) < 4.78 is 0. The number of carbonyl (C=O) groups excluding carboxylic acids is 1. The zero-order chi connectivity index (χ0) is 9.56. The van der Waals surface area contributed by atoms with E-state index in [0.717, 1.165) is 0 Å². The molecule has 0 saturated heterocycles. The molecule has 0 aliphatic rings. The van der Waals surface area contributed by atoms with E-state index in [-0.39, 0.29) is 6.42 Å². The third-order valence-electron chi connectivity index (χ3n) is 1.58. The average Bonchev–Trinajstić information content (AvgIpc) is 1.96. The Hall–Kier alpha value is -1.10. The number of amides is 1. The number of nitrogens with two attached hydrogens (primary N) is 1. The largest absolute Gasteiger partial charge is 0.481 e. The van der Waals surface area contributed by atoms with Crippen LogP contribution >= 0.6 is 0 Å². The molecule has 1 amide bonds. The van der Waals surface area contributed by atoms with E-state index < -0.39 is 17.9 Å². The lowest BCUT2D eigenvalue weighted by molar-refractivity contribution is -0.137. The lowest BCUT2D eigenvalue weighted by atomic mass is 10.1. The summed E-state index contributed by atoms with van der Waals surface area (Å²) >= 11 is 0. The minimum Gasteiger partial charge on any atom is -0.481 e. The van der Waals surface area contributed by atoms with Crippen LogP contribution < -0.4 is 11.1 Å². The highest BCUT2D eigenvalue weighted by Gasteiger charge is 2.12. The molecule has 1 atom stereocenters. The highest BCUT2D eigenvalue weighted by atomic mass is 16.4. The topological polar surface area (TPSA) is 92.4 Å². The fourth-order valence-electron chi connectivity index (χ4n) is 0.886. The number of hydrogen-bond donors (Lipinski definition) is 3. The van der Waals surface area contributed by atoms with Gasteiger partial charge in [0.25, 0.3) is 0 Å². The fraction of sp³-hybridized carbons (Fsp3) is 0.714. The normalized spacial score (nSPS) is 12.4. The molecule has 0 aromatic carbocycles. The Morgan fingerprint density at radius 1 is 1.58 bits per heavy atom. The maximum absolute atomic E-state index is 10.6. The van der Waals surface area contributed by atoms with Crippen LogP contribution in [0.25, 0.3) is 0 Å². The third-order valence-corrected chi connectivity index (χ3v) is 1.58. The summed E-state index contributed by atoms with van der Waals surface area (Å²) in [6.07, 6.45) is 1.01. The lowest BCUT2D eigenvalue weighted by Gasteiger charge is -2.10. The molecule has 12 heavy (non-hydrogen) atoms. The third kappa shape index (κ3) is 4.68. The van der Waals surface area contributed by atoms with Gasteiger partial charge in [-0.1, -0.05) is 0 Å². The van der Waals surface area contributed by atoms with Crippen LogP contribution in [0.5, 0.6) is 0 Å². The summed E-state index contributed by atoms with van der Waals surface area (Å²) in [6, 6.07) is -0.413. The fourth-order valence-corrected chi connectivity index (χ4v) is 0.886. The van der Waals surface area contributed by atoms with Crippen molar-refractivity contribution in [2.45, 2.75) is 25.3 Å². The van der Waals surface area contributed by atoms with Gasteiger partial charge in [-0.3, -0.25) is 9.59 Å². The number of hydrogen-bond acceptors (Lipinski definition) is 3. The van der Waals surface area contributed by atoms with Crippen LogP contribution in [-0.4, -0.2) is 30.1 Å². The second-order valence-electron chi connectivity index (χ2n) is 2.53. The van der Waals surface area contributed by atoms with Gasteiger partial charge in [-0.2, -0.15) is 0 Å². The van der Waals surface area contributed by atoms with Gasteiger partial charge in [0.1, 0.15) is 0 Å². The number of likely N-dealkylation sites (N-methyl/N-ethyl adjacent to an activating group) is 1. The van der Waals surface area contributed by atoms with Gasteiger partial charge < -0.3 is 16.2 Å². The summed E-state index contributed by atoms with van der Waals surface area (Å²) in [5.41, 5.74) is 5.02. The summed E-state index contributed by atoms with van der Waals surface area (Å²) in [5, 5.41) is 11.0. The first-order valence-electron chi connectivity index (χ1n) is 3.76. The molecule has 0 bridgehead atoms. The molecule has 4 N–H and O–H groups in total. The number of nitrogens with one attached hydrogen (secondary N) is 1. The lowest BCUT2D eigenvalue weighted by Crippen LogP contribution is -2.39. The van der Waals surface area contributed by atoms with Crippen LogP contribution in [0.3, 0.4) is 0 Å². The summed E-state index contributed by atoms with van der Waals surface area (Å²) in [5.74, 6) is -1.29. The molecular formula is C7H14N2O3. The van der Waals surface area contributed by atoms with Crippen LogP contribution in [0.1, 0.15) is 19.3 Å². The van der Waals surface area contributed by atoms with Crippen molar-refractivity contribution in [3.05, 3.63) is 0 Å². The molecule has 0 spiro atoms. The van der Waals surface area contributed by atoms with Gasteiger partial charge in [0.05, 0.1) is 6.04 Å². The van der Waals surface area contributed by atoms with E-state index in [4.69, 9.17) is 10.8 Å². The van der Waals surface area contributed by atoms with Crippen molar-refractivity contribution in [2.24, 2.45) is 5.73 Å². The van der Waals surface area contributed by atoms with Crippen LogP contribution in [0.4, 0.5) is 0 Å². The Morgan fingerprint density at radius 2 is 2.17 bits per heavy atom. The first-order chi connectivity index (χ1) is 5.57. The Labute approximate surface area is 70.9 Å². The first kappa shape index (κ1) is 10.9. The number of carboxylic acids is 1. The van der Waals surface area contributed by atoms with Crippen LogP contribution in [0.2, 0.25) is 0 Å². The molecule has 0 radical (unpaired) electrons. The average molecular weight is 174 g/mol. The molecule has 0 rings (SSSR count). The molecule has 5 heteroatoms. The van der Waals surface area contributed by atoms with E-state index in [1.54, 1.807) is 7.05 Å². The van der Waals surface area contributed by atoms with Gasteiger partial charge in [-0.25, -0.2) is 0 Å². The van der Waals surface area contributed by atoms with E-state index in [1.807, 2.05) is 0 Å². The standard InChI is InChI=1S/C7H14N2O3/c1-9-5(7(8)12)3-2-4-6(10)11/h5,9H,2-4H2,1H3,(H2,8,12)(H,10,11)/t5-/m0/s1. The zero-order valence-electron chi connectivity index (χ0n) is 7.04. The van der Waals surface area contributed by atoms with Gasteiger partial charge in [0.15, 0.2) is 0 Å². The SMILES string of the molecule is CN[C@@H](CCCC(=O)O)C(N)=O. The van der Waals surface area contributed by atoms with Gasteiger partial charge in [-0.05, 0) is 19.9 Å². The Bertz CT molecular complexity index is 170. The summed E-state index contributed by atoms with van der Waals surface area (Å²) in [6.45, 7) is 0. The number of carbonyl (C=O) groups is 2. The van der Waals surface area contributed by atoms with Crippen LogP contribution in [0, 0.1) is 0 Å². The predicted molar refractivity (Wildman–Crippen MR) is 43.5 cm³/mol. The second kappa shape index (κ2) is 5.54. The number of primary amides is 1. The molecule has 0 aromatic heterocycles. The molecule has 0 aliphatic heterocycles. The molecule has 5 nitrogen and oxygen atoms in total. The van der Waals surface area contributed by atoms with Crippen molar-refractivity contribution >= 4 is 11.9 Å². The van der Waals surface area contributed by atoms with Crippen molar-refractivity contribution in [1.29, 1.82) is 0 Å². The zero-order valence-corrected chi connectivity index (χ0v) is 7.04. The van der Waals surface area contributed by atoms with Gasteiger partial charge in [0, 0.05) is 6.42 Å². The van der Waals surface area contributed by atoms with Gasteiger partial charge in [-0.15, -0.1) is 0 Å². The minimum absolute atomic E-state index is 0.0749. The smallest absolute Gasteiger partial charge is 0.303 e. The second-order valence-corrected chi connectivity index (χ2v) is 2.53. The molecule has 0 aromatic rings. The van der Waals surface area contributed by atoms with Crippen molar-refractivity contribution < 1.29 is 14.7 Å². The van der Waals surface area contributed by atoms with Crippen molar-refractivity contribution in [3.8, 4) is 0 Å². The van der Waals surface area contributed by atoms with Crippen LogP contribution in [-0.2, 0) is 9.59 Å². The maximum atomic E-state index is 10.6. The van der Waals surface area contributed by atoms with E-state index in [9.17, 15) is 9.59 Å².